The zero-order valence-electron chi connectivity index (χ0n) is 14.1. The lowest BCUT2D eigenvalue weighted by molar-refractivity contribution is -0.130. The number of aryl methyl sites for hydroxylation is 1. The van der Waals surface area contributed by atoms with Gasteiger partial charge in [-0.15, -0.1) is 11.8 Å². The SMILES string of the molecule is CC[C@@H]1S[C@H](c2ccccc2C)N(CCN2CCNCC2)C1=O. The highest BCUT2D eigenvalue weighted by molar-refractivity contribution is 8.01. The van der Waals surface area contributed by atoms with Gasteiger partial charge in [0.05, 0.1) is 5.25 Å². The average Bonchev–Trinajstić information content (AvgIpc) is 2.90. The molecular formula is C18H27N3OS. The number of piperazine rings is 1. The fourth-order valence-electron chi connectivity index (χ4n) is 3.38. The van der Waals surface area contributed by atoms with Crippen LogP contribution in [0.4, 0.5) is 0 Å². The molecule has 0 bridgehead atoms. The summed E-state index contributed by atoms with van der Waals surface area (Å²) in [6, 6.07) is 8.48. The quantitative estimate of drug-likeness (QED) is 0.896. The van der Waals surface area contributed by atoms with Crippen molar-refractivity contribution in [1.29, 1.82) is 0 Å². The first-order valence-electron chi connectivity index (χ1n) is 8.65. The van der Waals surface area contributed by atoms with E-state index in [0.29, 0.717) is 5.91 Å². The number of rotatable bonds is 5. The van der Waals surface area contributed by atoms with E-state index in [9.17, 15) is 4.79 Å². The van der Waals surface area contributed by atoms with Crippen LogP contribution in [0.5, 0.6) is 0 Å². The summed E-state index contributed by atoms with van der Waals surface area (Å²) >= 11 is 1.83. The van der Waals surface area contributed by atoms with Gasteiger partial charge in [-0.3, -0.25) is 9.69 Å². The summed E-state index contributed by atoms with van der Waals surface area (Å²) in [4.78, 5) is 17.4. The van der Waals surface area contributed by atoms with Gasteiger partial charge in [-0.2, -0.15) is 0 Å². The van der Waals surface area contributed by atoms with Crippen LogP contribution in [0.2, 0.25) is 0 Å². The van der Waals surface area contributed by atoms with Gasteiger partial charge in [0.25, 0.3) is 0 Å². The normalized spacial score (nSPS) is 26.0. The number of hydrogen-bond acceptors (Lipinski definition) is 4. The van der Waals surface area contributed by atoms with Crippen molar-refractivity contribution in [2.24, 2.45) is 0 Å². The fraction of sp³-hybridized carbons (Fsp3) is 0.611. The molecule has 2 heterocycles. The Balaban J connectivity index is 1.73. The second kappa shape index (κ2) is 7.69. The largest absolute Gasteiger partial charge is 0.324 e. The lowest BCUT2D eigenvalue weighted by atomic mass is 10.1. The van der Waals surface area contributed by atoms with Gasteiger partial charge in [-0.25, -0.2) is 0 Å². The van der Waals surface area contributed by atoms with E-state index in [0.717, 1.165) is 45.7 Å². The van der Waals surface area contributed by atoms with Crippen molar-refractivity contribution in [2.75, 3.05) is 39.3 Å². The molecule has 0 saturated carbocycles. The Morgan fingerprint density at radius 2 is 1.96 bits per heavy atom. The molecule has 1 amide bonds. The molecule has 2 atom stereocenters. The van der Waals surface area contributed by atoms with Gasteiger partial charge in [0.1, 0.15) is 5.37 Å². The molecule has 2 saturated heterocycles. The van der Waals surface area contributed by atoms with Crippen molar-refractivity contribution in [3.63, 3.8) is 0 Å². The van der Waals surface area contributed by atoms with Crippen molar-refractivity contribution in [3.05, 3.63) is 35.4 Å². The monoisotopic (exact) mass is 333 g/mol. The summed E-state index contributed by atoms with van der Waals surface area (Å²) < 4.78 is 0. The smallest absolute Gasteiger partial charge is 0.236 e. The Bertz CT molecular complexity index is 545. The molecule has 2 fully saturated rings. The van der Waals surface area contributed by atoms with Crippen LogP contribution in [0.25, 0.3) is 0 Å². The van der Waals surface area contributed by atoms with E-state index in [4.69, 9.17) is 0 Å². The molecule has 3 rings (SSSR count). The van der Waals surface area contributed by atoms with Crippen LogP contribution in [0.3, 0.4) is 0 Å². The van der Waals surface area contributed by atoms with Crippen LogP contribution in [0.1, 0.15) is 29.8 Å². The number of benzene rings is 1. The van der Waals surface area contributed by atoms with Gasteiger partial charge < -0.3 is 10.2 Å². The topological polar surface area (TPSA) is 35.6 Å². The number of nitrogens with one attached hydrogen (secondary N) is 1. The molecule has 1 aromatic rings. The number of amides is 1. The van der Waals surface area contributed by atoms with Crippen LogP contribution in [0, 0.1) is 6.92 Å². The second-order valence-corrected chi connectivity index (χ2v) is 7.65. The third-order valence-corrected chi connectivity index (χ3v) is 6.46. The highest BCUT2D eigenvalue weighted by Gasteiger charge is 2.40. The molecule has 1 N–H and O–H groups in total. The number of carbonyl (C=O) groups is 1. The van der Waals surface area contributed by atoms with Crippen molar-refractivity contribution in [2.45, 2.75) is 30.9 Å². The van der Waals surface area contributed by atoms with Crippen LogP contribution in [-0.4, -0.2) is 60.2 Å². The first-order valence-corrected chi connectivity index (χ1v) is 9.59. The summed E-state index contributed by atoms with van der Waals surface area (Å²) in [5.74, 6) is 0.320. The molecule has 0 spiro atoms. The summed E-state index contributed by atoms with van der Waals surface area (Å²) in [6.07, 6.45) is 0.913. The summed E-state index contributed by atoms with van der Waals surface area (Å²) in [6.45, 7) is 10.4. The Morgan fingerprint density at radius 1 is 1.22 bits per heavy atom. The molecule has 2 aliphatic heterocycles. The molecule has 1 aromatic carbocycles. The number of hydrogen-bond donors (Lipinski definition) is 1. The Labute approximate surface area is 143 Å². The molecular weight excluding hydrogens is 306 g/mol. The molecule has 5 heteroatoms. The van der Waals surface area contributed by atoms with Crippen molar-refractivity contribution in [3.8, 4) is 0 Å². The Morgan fingerprint density at radius 3 is 2.65 bits per heavy atom. The highest BCUT2D eigenvalue weighted by atomic mass is 32.2. The van der Waals surface area contributed by atoms with Gasteiger partial charge in [0.15, 0.2) is 0 Å². The van der Waals surface area contributed by atoms with Crippen LogP contribution in [0.15, 0.2) is 24.3 Å². The van der Waals surface area contributed by atoms with E-state index in [-0.39, 0.29) is 10.6 Å². The highest BCUT2D eigenvalue weighted by Crippen LogP contribution is 2.44. The van der Waals surface area contributed by atoms with Gasteiger partial charge in [0, 0.05) is 39.3 Å². The summed E-state index contributed by atoms with van der Waals surface area (Å²) in [7, 11) is 0. The molecule has 0 unspecified atom stereocenters. The van der Waals surface area contributed by atoms with Crippen LogP contribution in [-0.2, 0) is 4.79 Å². The molecule has 0 aliphatic carbocycles. The maximum absolute atomic E-state index is 12.8. The first kappa shape index (κ1) is 16.8. The van der Waals surface area contributed by atoms with Crippen LogP contribution < -0.4 is 5.32 Å². The first-order chi connectivity index (χ1) is 11.2. The average molecular weight is 334 g/mol. The van der Waals surface area contributed by atoms with E-state index >= 15 is 0 Å². The zero-order chi connectivity index (χ0) is 16.2. The van der Waals surface area contributed by atoms with Gasteiger partial charge in [-0.05, 0) is 24.5 Å². The number of thioether (sulfide) groups is 1. The predicted molar refractivity (Wildman–Crippen MR) is 96.6 cm³/mol. The van der Waals surface area contributed by atoms with E-state index in [1.54, 1.807) is 0 Å². The van der Waals surface area contributed by atoms with Gasteiger partial charge >= 0.3 is 0 Å². The predicted octanol–water partition coefficient (Wildman–Crippen LogP) is 2.25. The minimum Gasteiger partial charge on any atom is -0.324 e. The maximum atomic E-state index is 12.8. The van der Waals surface area contributed by atoms with E-state index in [1.165, 1.54) is 11.1 Å². The standard InChI is InChI=1S/C18H27N3OS/c1-3-16-17(22)21(13-12-20-10-8-19-9-11-20)18(23-16)15-7-5-4-6-14(15)2/h4-7,16,18-19H,3,8-13H2,1-2H3/t16-,18+/m0/s1. The summed E-state index contributed by atoms with van der Waals surface area (Å²) in [5.41, 5.74) is 2.57. The van der Waals surface area contributed by atoms with E-state index < -0.39 is 0 Å². The lowest BCUT2D eigenvalue weighted by Gasteiger charge is -2.31. The lowest BCUT2D eigenvalue weighted by Crippen LogP contribution is -2.47. The number of carbonyl (C=O) groups excluding carboxylic acids is 1. The second-order valence-electron chi connectivity index (χ2n) is 6.37. The van der Waals surface area contributed by atoms with Crippen molar-refractivity contribution in [1.82, 2.24) is 15.1 Å². The molecule has 126 valence electrons. The fourth-order valence-corrected chi connectivity index (χ4v) is 4.90. The third kappa shape index (κ3) is 3.73. The van der Waals surface area contributed by atoms with Gasteiger partial charge in [0.2, 0.25) is 5.91 Å². The molecule has 23 heavy (non-hydrogen) atoms. The Hall–Kier alpha value is -1.04. The zero-order valence-corrected chi connectivity index (χ0v) is 14.9. The molecule has 4 nitrogen and oxygen atoms in total. The van der Waals surface area contributed by atoms with E-state index in [2.05, 4.69) is 53.2 Å². The van der Waals surface area contributed by atoms with E-state index in [1.807, 2.05) is 11.8 Å². The summed E-state index contributed by atoms with van der Waals surface area (Å²) in [5, 5.41) is 3.67. The molecule has 0 radical (unpaired) electrons. The van der Waals surface area contributed by atoms with Gasteiger partial charge in [-0.1, -0.05) is 31.2 Å². The minimum atomic E-state index is 0.114. The van der Waals surface area contributed by atoms with Crippen LogP contribution >= 0.6 is 11.8 Å². The number of nitrogens with zero attached hydrogens (tertiary/aromatic N) is 2. The van der Waals surface area contributed by atoms with Crippen molar-refractivity contribution >= 4 is 17.7 Å². The molecule has 2 aliphatic rings. The maximum Gasteiger partial charge on any atom is 0.236 e. The minimum absolute atomic E-state index is 0.114. The van der Waals surface area contributed by atoms with Crippen molar-refractivity contribution < 1.29 is 4.79 Å². The third-order valence-electron chi connectivity index (χ3n) is 4.83. The molecule has 0 aromatic heterocycles. The Kier molecular flexibility index (Phi) is 5.62.